The minimum absolute atomic E-state index is 0.00387. The number of carbonyl (C=O) groups is 2. The maximum Gasteiger partial charge on any atom is 0.242 e. The minimum Gasteiger partial charge on any atom is -0.467 e. The van der Waals surface area contributed by atoms with Crippen LogP contribution in [0.5, 0.6) is 0 Å². The molecule has 0 aliphatic carbocycles. The number of ether oxygens (including phenoxy) is 1. The van der Waals surface area contributed by atoms with E-state index in [1.807, 2.05) is 26.0 Å². The first-order valence-electron chi connectivity index (χ1n) is 10.7. The topological polar surface area (TPSA) is 63.0 Å². The molecule has 1 aliphatic heterocycles. The van der Waals surface area contributed by atoms with Crippen LogP contribution >= 0.6 is 0 Å². The van der Waals surface area contributed by atoms with E-state index in [1.165, 1.54) is 0 Å². The van der Waals surface area contributed by atoms with Gasteiger partial charge in [0.25, 0.3) is 0 Å². The van der Waals surface area contributed by atoms with Gasteiger partial charge in [0.15, 0.2) is 0 Å². The molecule has 1 aromatic rings. The lowest BCUT2D eigenvalue weighted by molar-refractivity contribution is -0.143. The van der Waals surface area contributed by atoms with Crippen molar-refractivity contribution in [3.8, 4) is 0 Å². The van der Waals surface area contributed by atoms with E-state index in [0.717, 1.165) is 50.9 Å². The third-order valence-corrected chi connectivity index (χ3v) is 5.22. The van der Waals surface area contributed by atoms with Crippen molar-refractivity contribution in [3.63, 3.8) is 0 Å². The van der Waals surface area contributed by atoms with Crippen molar-refractivity contribution >= 4 is 11.8 Å². The summed E-state index contributed by atoms with van der Waals surface area (Å²) in [5.41, 5.74) is 0. The molecular formula is C22H36N2O4. The summed E-state index contributed by atoms with van der Waals surface area (Å²) in [7, 11) is 0. The average Bonchev–Trinajstić information content (AvgIpc) is 3.36. The van der Waals surface area contributed by atoms with Crippen molar-refractivity contribution < 1.29 is 18.7 Å². The van der Waals surface area contributed by atoms with Gasteiger partial charge in [-0.1, -0.05) is 26.2 Å². The number of amides is 2. The molecule has 6 nitrogen and oxygen atoms in total. The summed E-state index contributed by atoms with van der Waals surface area (Å²) < 4.78 is 11.2. The van der Waals surface area contributed by atoms with Gasteiger partial charge in [0.1, 0.15) is 5.76 Å². The van der Waals surface area contributed by atoms with Gasteiger partial charge >= 0.3 is 0 Å². The molecule has 0 spiro atoms. The van der Waals surface area contributed by atoms with Crippen LogP contribution in [-0.4, -0.2) is 53.5 Å². The molecular weight excluding hydrogens is 356 g/mol. The quantitative estimate of drug-likeness (QED) is 0.505. The third-order valence-electron chi connectivity index (χ3n) is 5.22. The van der Waals surface area contributed by atoms with Gasteiger partial charge in [-0.15, -0.1) is 0 Å². The third kappa shape index (κ3) is 7.30. The predicted octanol–water partition coefficient (Wildman–Crippen LogP) is 3.99. The van der Waals surface area contributed by atoms with Crippen molar-refractivity contribution in [2.75, 3.05) is 19.7 Å². The fraction of sp³-hybridized carbons (Fsp3) is 0.727. The predicted molar refractivity (Wildman–Crippen MR) is 109 cm³/mol. The van der Waals surface area contributed by atoms with E-state index in [4.69, 9.17) is 9.15 Å². The van der Waals surface area contributed by atoms with Crippen molar-refractivity contribution in [1.29, 1.82) is 0 Å². The lowest BCUT2D eigenvalue weighted by Gasteiger charge is -2.31. The monoisotopic (exact) mass is 392 g/mol. The second kappa shape index (κ2) is 11.9. The van der Waals surface area contributed by atoms with Gasteiger partial charge in [0.2, 0.25) is 11.8 Å². The molecule has 158 valence electrons. The molecule has 28 heavy (non-hydrogen) atoms. The Bertz CT molecular complexity index is 579. The Hall–Kier alpha value is -1.82. The molecule has 2 amide bonds. The summed E-state index contributed by atoms with van der Waals surface area (Å²) >= 11 is 0. The SMILES string of the molecule is CCCCCCC(=O)N(CC(=O)N(Cc1ccco1)C[C@H]1CCCO1)C(C)C. The zero-order valence-corrected chi connectivity index (χ0v) is 17.7. The lowest BCUT2D eigenvalue weighted by atomic mass is 10.1. The molecule has 0 bridgehead atoms. The molecule has 0 radical (unpaired) electrons. The number of hydrogen-bond donors (Lipinski definition) is 0. The Balaban J connectivity index is 1.97. The van der Waals surface area contributed by atoms with Crippen LogP contribution in [0.15, 0.2) is 22.8 Å². The summed E-state index contributed by atoms with van der Waals surface area (Å²) in [6.07, 6.45) is 8.42. The molecule has 2 rings (SSSR count). The summed E-state index contributed by atoms with van der Waals surface area (Å²) in [6.45, 7) is 7.89. The van der Waals surface area contributed by atoms with E-state index in [9.17, 15) is 9.59 Å². The van der Waals surface area contributed by atoms with Crippen LogP contribution < -0.4 is 0 Å². The molecule has 1 atom stereocenters. The standard InChI is InChI=1S/C22H36N2O4/c1-4-5-6-7-12-21(25)24(18(2)3)17-22(26)23(15-19-10-8-13-27-19)16-20-11-9-14-28-20/h8,10,13,18,20H,4-7,9,11-12,14-17H2,1-3H3/t20-/m1/s1. The smallest absolute Gasteiger partial charge is 0.242 e. The van der Waals surface area contributed by atoms with E-state index < -0.39 is 0 Å². The molecule has 1 aliphatic rings. The van der Waals surface area contributed by atoms with Crippen molar-refractivity contribution in [2.45, 2.75) is 84.4 Å². The summed E-state index contributed by atoms with van der Waals surface area (Å²) in [4.78, 5) is 29.2. The van der Waals surface area contributed by atoms with E-state index in [-0.39, 0.29) is 30.5 Å². The fourth-order valence-corrected chi connectivity index (χ4v) is 3.53. The summed E-state index contributed by atoms with van der Waals surface area (Å²) in [5.74, 6) is 0.755. The lowest BCUT2D eigenvalue weighted by Crippen LogP contribution is -2.47. The first-order chi connectivity index (χ1) is 13.5. The van der Waals surface area contributed by atoms with Gasteiger partial charge < -0.3 is 19.0 Å². The largest absolute Gasteiger partial charge is 0.467 e. The van der Waals surface area contributed by atoms with E-state index >= 15 is 0 Å². The molecule has 1 fully saturated rings. The van der Waals surface area contributed by atoms with E-state index in [0.29, 0.717) is 19.5 Å². The summed E-state index contributed by atoms with van der Waals surface area (Å²) in [5, 5.41) is 0. The molecule has 2 heterocycles. The highest BCUT2D eigenvalue weighted by molar-refractivity contribution is 5.85. The van der Waals surface area contributed by atoms with Crippen LogP contribution in [-0.2, 0) is 20.9 Å². The number of nitrogens with zero attached hydrogens (tertiary/aromatic N) is 2. The van der Waals surface area contributed by atoms with Gasteiger partial charge in [-0.05, 0) is 45.2 Å². The molecule has 6 heteroatoms. The van der Waals surface area contributed by atoms with Crippen LogP contribution in [0, 0.1) is 0 Å². The second-order valence-corrected chi connectivity index (χ2v) is 7.91. The number of furan rings is 1. The number of rotatable bonds is 12. The zero-order chi connectivity index (χ0) is 20.4. The van der Waals surface area contributed by atoms with Crippen LogP contribution in [0.2, 0.25) is 0 Å². The van der Waals surface area contributed by atoms with Gasteiger partial charge in [-0.3, -0.25) is 9.59 Å². The van der Waals surface area contributed by atoms with Crippen LogP contribution in [0.1, 0.15) is 71.5 Å². The van der Waals surface area contributed by atoms with E-state index in [2.05, 4.69) is 6.92 Å². The van der Waals surface area contributed by atoms with Gasteiger partial charge in [0.05, 0.1) is 25.5 Å². The Morgan fingerprint density at radius 2 is 2.04 bits per heavy atom. The highest BCUT2D eigenvalue weighted by Gasteiger charge is 2.27. The summed E-state index contributed by atoms with van der Waals surface area (Å²) in [6, 6.07) is 3.69. The number of carbonyl (C=O) groups excluding carboxylic acids is 2. The van der Waals surface area contributed by atoms with Crippen LogP contribution in [0.4, 0.5) is 0 Å². The fourth-order valence-electron chi connectivity index (χ4n) is 3.53. The Kier molecular flexibility index (Phi) is 9.55. The van der Waals surface area contributed by atoms with Gasteiger partial charge in [0, 0.05) is 25.6 Å². The molecule has 0 saturated carbocycles. The molecule has 0 N–H and O–H groups in total. The minimum atomic E-state index is -0.0532. The second-order valence-electron chi connectivity index (χ2n) is 7.91. The van der Waals surface area contributed by atoms with Crippen molar-refractivity contribution in [3.05, 3.63) is 24.2 Å². The Morgan fingerprint density at radius 1 is 1.21 bits per heavy atom. The zero-order valence-electron chi connectivity index (χ0n) is 17.7. The van der Waals surface area contributed by atoms with Gasteiger partial charge in [-0.25, -0.2) is 0 Å². The maximum atomic E-state index is 13.1. The first-order valence-corrected chi connectivity index (χ1v) is 10.7. The number of unbranched alkanes of at least 4 members (excludes halogenated alkanes) is 3. The highest BCUT2D eigenvalue weighted by Crippen LogP contribution is 2.16. The first kappa shape index (κ1) is 22.5. The molecule has 1 aromatic heterocycles. The highest BCUT2D eigenvalue weighted by atomic mass is 16.5. The maximum absolute atomic E-state index is 13.1. The molecule has 1 saturated heterocycles. The Labute approximate surface area is 169 Å². The molecule has 0 unspecified atom stereocenters. The normalized spacial score (nSPS) is 16.5. The van der Waals surface area contributed by atoms with Crippen LogP contribution in [0.3, 0.4) is 0 Å². The van der Waals surface area contributed by atoms with Crippen molar-refractivity contribution in [1.82, 2.24) is 9.80 Å². The van der Waals surface area contributed by atoms with Crippen molar-refractivity contribution in [2.24, 2.45) is 0 Å². The Morgan fingerprint density at radius 3 is 2.64 bits per heavy atom. The van der Waals surface area contributed by atoms with Gasteiger partial charge in [-0.2, -0.15) is 0 Å². The average molecular weight is 393 g/mol. The number of hydrogen-bond acceptors (Lipinski definition) is 4. The van der Waals surface area contributed by atoms with Crippen LogP contribution in [0.25, 0.3) is 0 Å². The van der Waals surface area contributed by atoms with E-state index in [1.54, 1.807) is 16.1 Å². The molecule has 0 aromatic carbocycles.